The minimum atomic E-state index is -0.504. The second-order valence-corrected chi connectivity index (χ2v) is 8.56. The molecule has 0 radical (unpaired) electrons. The van der Waals surface area contributed by atoms with E-state index in [9.17, 15) is 9.59 Å². The summed E-state index contributed by atoms with van der Waals surface area (Å²) in [7, 11) is 0. The molecule has 2 aliphatic rings. The predicted molar refractivity (Wildman–Crippen MR) is 118 cm³/mol. The van der Waals surface area contributed by atoms with E-state index in [1.54, 1.807) is 0 Å². The summed E-state index contributed by atoms with van der Waals surface area (Å²) in [5.41, 5.74) is 8.44. The molecule has 7 nitrogen and oxygen atoms in total. The Morgan fingerprint density at radius 3 is 2.45 bits per heavy atom. The summed E-state index contributed by atoms with van der Waals surface area (Å²) in [6.45, 7) is 1.82. The summed E-state index contributed by atoms with van der Waals surface area (Å²) in [5, 5.41) is 0. The number of rotatable bonds is 3. The number of hydrogen-bond donors (Lipinski definition) is 1. The number of carbonyl (C=O) groups excluding carboxylic acids is 2. The fourth-order valence-electron chi connectivity index (χ4n) is 5.22. The Labute approximate surface area is 181 Å². The Bertz CT molecular complexity index is 1070. The number of aromatic nitrogens is 2. The van der Waals surface area contributed by atoms with E-state index in [1.165, 1.54) is 10.5 Å². The highest BCUT2D eigenvalue weighted by molar-refractivity contribution is 5.87. The number of benzene rings is 1. The zero-order chi connectivity index (χ0) is 21.4. The van der Waals surface area contributed by atoms with Crippen LogP contribution in [-0.2, 0) is 10.2 Å². The van der Waals surface area contributed by atoms with E-state index in [0.717, 1.165) is 30.6 Å². The van der Waals surface area contributed by atoms with Gasteiger partial charge in [-0.05, 0) is 43.4 Å². The van der Waals surface area contributed by atoms with Gasteiger partial charge in [-0.2, -0.15) is 0 Å². The van der Waals surface area contributed by atoms with Gasteiger partial charge < -0.3 is 19.9 Å². The van der Waals surface area contributed by atoms with Gasteiger partial charge in [-0.15, -0.1) is 0 Å². The zero-order valence-corrected chi connectivity index (χ0v) is 17.5. The molecule has 1 aromatic carbocycles. The van der Waals surface area contributed by atoms with Crippen LogP contribution < -0.4 is 5.73 Å². The summed E-state index contributed by atoms with van der Waals surface area (Å²) >= 11 is 0. The minimum Gasteiger partial charge on any atom is -0.351 e. The lowest BCUT2D eigenvalue weighted by atomic mass is 9.70. The van der Waals surface area contributed by atoms with Crippen molar-refractivity contribution in [3.63, 3.8) is 0 Å². The maximum atomic E-state index is 13.2. The normalized spacial score (nSPS) is 20.8. The molecule has 0 aliphatic carbocycles. The van der Waals surface area contributed by atoms with Gasteiger partial charge in [0.15, 0.2) is 0 Å². The minimum absolute atomic E-state index is 0.0213. The highest BCUT2D eigenvalue weighted by Crippen LogP contribution is 2.41. The number of likely N-dealkylation sites (tertiary alicyclic amines) is 2. The van der Waals surface area contributed by atoms with Gasteiger partial charge in [-0.25, -0.2) is 9.78 Å². The van der Waals surface area contributed by atoms with Gasteiger partial charge in [-0.3, -0.25) is 4.79 Å². The number of hydrogen-bond acceptors (Lipinski definition) is 3. The Hall–Kier alpha value is -3.35. The molecule has 2 fully saturated rings. The van der Waals surface area contributed by atoms with Gasteiger partial charge in [0.25, 0.3) is 0 Å². The highest BCUT2D eigenvalue weighted by atomic mass is 16.2. The van der Waals surface area contributed by atoms with Crippen LogP contribution in [-0.4, -0.2) is 56.8 Å². The maximum absolute atomic E-state index is 13.2. The Morgan fingerprint density at radius 1 is 1.00 bits per heavy atom. The number of piperidine rings is 1. The van der Waals surface area contributed by atoms with Crippen molar-refractivity contribution >= 4 is 17.6 Å². The lowest BCUT2D eigenvalue weighted by Gasteiger charge is -2.42. The predicted octanol–water partition coefficient (Wildman–Crippen LogP) is 2.79. The molecule has 7 heteroatoms. The van der Waals surface area contributed by atoms with E-state index >= 15 is 0 Å². The van der Waals surface area contributed by atoms with Gasteiger partial charge in [0.1, 0.15) is 11.7 Å². The standard InChI is InChI=1S/C24H27N5O2/c25-23(31)29-14-6-9-19(29)22(30)27-15-11-24(12-16-27,18-7-2-1-3-8-18)20-17-28-13-5-4-10-21(28)26-20/h1-5,7-8,10,13,17,19H,6,9,11-12,14-16H2,(H2,25,31)/t19-/m0/s1. The number of nitrogens with two attached hydrogens (primary N) is 1. The molecule has 160 valence electrons. The molecule has 2 saturated heterocycles. The molecule has 5 rings (SSSR count). The summed E-state index contributed by atoms with van der Waals surface area (Å²) in [4.78, 5) is 33.3. The third-order valence-electron chi connectivity index (χ3n) is 6.93. The summed E-state index contributed by atoms with van der Waals surface area (Å²) in [6.07, 6.45) is 7.22. The van der Waals surface area contributed by atoms with Gasteiger partial charge in [-0.1, -0.05) is 36.4 Å². The van der Waals surface area contributed by atoms with Crippen LogP contribution in [0.25, 0.3) is 5.65 Å². The first-order valence-corrected chi connectivity index (χ1v) is 10.9. The number of fused-ring (bicyclic) bond motifs is 1. The molecule has 2 aromatic heterocycles. The van der Waals surface area contributed by atoms with E-state index in [1.807, 2.05) is 35.4 Å². The smallest absolute Gasteiger partial charge is 0.315 e. The summed E-state index contributed by atoms with van der Waals surface area (Å²) in [6, 6.07) is 15.6. The number of urea groups is 1. The average molecular weight is 418 g/mol. The van der Waals surface area contributed by atoms with E-state index < -0.39 is 12.1 Å². The van der Waals surface area contributed by atoms with Crippen molar-refractivity contribution in [2.24, 2.45) is 5.73 Å². The molecule has 3 aromatic rings. The molecule has 3 amide bonds. The number of pyridine rings is 1. The van der Waals surface area contributed by atoms with Crippen LogP contribution in [0, 0.1) is 0 Å². The lowest BCUT2D eigenvalue weighted by Crippen LogP contribution is -2.53. The largest absolute Gasteiger partial charge is 0.351 e. The number of amides is 3. The summed E-state index contributed by atoms with van der Waals surface area (Å²) in [5.74, 6) is 0.0213. The Morgan fingerprint density at radius 2 is 1.74 bits per heavy atom. The quantitative estimate of drug-likeness (QED) is 0.711. The third kappa shape index (κ3) is 3.34. The lowest BCUT2D eigenvalue weighted by molar-refractivity contribution is -0.136. The molecule has 4 heterocycles. The molecule has 0 unspecified atom stereocenters. The van der Waals surface area contributed by atoms with Crippen molar-refractivity contribution in [2.75, 3.05) is 19.6 Å². The Kier molecular flexibility index (Phi) is 4.88. The molecular weight excluding hydrogens is 390 g/mol. The first kappa shape index (κ1) is 19.6. The van der Waals surface area contributed by atoms with Gasteiger partial charge in [0, 0.05) is 37.4 Å². The van der Waals surface area contributed by atoms with Crippen molar-refractivity contribution in [1.29, 1.82) is 0 Å². The average Bonchev–Trinajstić information content (AvgIpc) is 3.47. The number of primary amides is 1. The molecule has 1 atom stereocenters. The highest BCUT2D eigenvalue weighted by Gasteiger charge is 2.43. The Balaban J connectivity index is 1.44. The second kappa shape index (κ2) is 7.72. The van der Waals surface area contributed by atoms with Crippen LogP contribution in [0.1, 0.15) is 36.9 Å². The monoisotopic (exact) mass is 417 g/mol. The van der Waals surface area contributed by atoms with Crippen molar-refractivity contribution < 1.29 is 9.59 Å². The molecular formula is C24H27N5O2. The number of imidazole rings is 1. The first-order valence-electron chi connectivity index (χ1n) is 10.9. The number of carbonyl (C=O) groups is 2. The van der Waals surface area contributed by atoms with Crippen molar-refractivity contribution in [2.45, 2.75) is 37.1 Å². The summed E-state index contributed by atoms with van der Waals surface area (Å²) < 4.78 is 2.06. The molecule has 0 bridgehead atoms. The van der Waals surface area contributed by atoms with Gasteiger partial charge in [0.2, 0.25) is 5.91 Å². The molecule has 0 spiro atoms. The fourth-order valence-corrected chi connectivity index (χ4v) is 5.22. The topological polar surface area (TPSA) is 83.9 Å². The van der Waals surface area contributed by atoms with Crippen LogP contribution in [0.2, 0.25) is 0 Å². The van der Waals surface area contributed by atoms with Crippen molar-refractivity contribution in [3.8, 4) is 0 Å². The van der Waals surface area contributed by atoms with E-state index in [0.29, 0.717) is 26.1 Å². The zero-order valence-electron chi connectivity index (χ0n) is 17.5. The van der Waals surface area contributed by atoms with E-state index in [-0.39, 0.29) is 11.3 Å². The SMILES string of the molecule is NC(=O)N1CCC[C@H]1C(=O)N1CCC(c2ccccc2)(c2cn3ccccc3n2)CC1. The second-order valence-electron chi connectivity index (χ2n) is 8.56. The first-order chi connectivity index (χ1) is 15.1. The van der Waals surface area contributed by atoms with Crippen LogP contribution in [0.3, 0.4) is 0 Å². The van der Waals surface area contributed by atoms with E-state index in [2.05, 4.69) is 34.9 Å². The van der Waals surface area contributed by atoms with Crippen LogP contribution in [0.4, 0.5) is 4.79 Å². The van der Waals surface area contributed by atoms with Crippen LogP contribution >= 0.6 is 0 Å². The van der Waals surface area contributed by atoms with Gasteiger partial charge in [0.05, 0.1) is 5.69 Å². The molecule has 31 heavy (non-hydrogen) atoms. The third-order valence-corrected chi connectivity index (χ3v) is 6.93. The fraction of sp³-hybridized carbons (Fsp3) is 0.375. The van der Waals surface area contributed by atoms with E-state index in [4.69, 9.17) is 10.7 Å². The van der Waals surface area contributed by atoms with Crippen molar-refractivity contribution in [3.05, 3.63) is 72.2 Å². The number of nitrogens with zero attached hydrogens (tertiary/aromatic N) is 4. The van der Waals surface area contributed by atoms with Crippen LogP contribution in [0.5, 0.6) is 0 Å². The maximum Gasteiger partial charge on any atom is 0.315 e. The van der Waals surface area contributed by atoms with Crippen molar-refractivity contribution in [1.82, 2.24) is 19.2 Å². The molecule has 0 saturated carbocycles. The molecule has 2 N–H and O–H groups in total. The molecule has 2 aliphatic heterocycles. The van der Waals surface area contributed by atoms with Crippen LogP contribution in [0.15, 0.2) is 60.9 Å². The van der Waals surface area contributed by atoms with Gasteiger partial charge >= 0.3 is 6.03 Å².